The Kier molecular flexibility index (Phi) is 5.24. The van der Waals surface area contributed by atoms with Crippen molar-refractivity contribution in [1.29, 1.82) is 0 Å². The van der Waals surface area contributed by atoms with Gasteiger partial charge in [0.25, 0.3) is 5.91 Å². The van der Waals surface area contributed by atoms with Crippen molar-refractivity contribution in [2.24, 2.45) is 0 Å². The van der Waals surface area contributed by atoms with Crippen molar-refractivity contribution < 1.29 is 9.53 Å². The Hall–Kier alpha value is -1.82. The van der Waals surface area contributed by atoms with Crippen molar-refractivity contribution in [2.75, 3.05) is 14.2 Å². The van der Waals surface area contributed by atoms with E-state index in [0.29, 0.717) is 12.1 Å². The molecule has 0 saturated carbocycles. The van der Waals surface area contributed by atoms with Gasteiger partial charge in [-0.2, -0.15) is 5.10 Å². The van der Waals surface area contributed by atoms with Crippen LogP contribution in [0, 0.1) is 6.92 Å². The third kappa shape index (κ3) is 3.32. The number of aromatic nitrogens is 2. The maximum Gasteiger partial charge on any atom is 0.254 e. The number of carbonyl (C=O) groups excluding carboxylic acids is 1. The minimum absolute atomic E-state index is 0.0469. The van der Waals surface area contributed by atoms with Crippen LogP contribution in [0.1, 0.15) is 28.5 Å². The van der Waals surface area contributed by atoms with E-state index in [0.717, 1.165) is 28.0 Å². The first-order chi connectivity index (χ1) is 10.5. The topological polar surface area (TPSA) is 47.4 Å². The van der Waals surface area contributed by atoms with Crippen molar-refractivity contribution in [1.82, 2.24) is 14.7 Å². The molecule has 1 amide bonds. The maximum atomic E-state index is 12.6. The van der Waals surface area contributed by atoms with Crippen LogP contribution in [-0.2, 0) is 13.1 Å². The van der Waals surface area contributed by atoms with Crippen LogP contribution in [0.3, 0.4) is 0 Å². The molecule has 0 bridgehead atoms. The number of carbonyl (C=O) groups is 1. The summed E-state index contributed by atoms with van der Waals surface area (Å²) in [5.74, 6) is 0.671. The Labute approximate surface area is 139 Å². The average molecular weight is 366 g/mol. The fraction of sp³-hybridized carbons (Fsp3) is 0.375. The van der Waals surface area contributed by atoms with Crippen LogP contribution < -0.4 is 4.74 Å². The Morgan fingerprint density at radius 1 is 1.45 bits per heavy atom. The van der Waals surface area contributed by atoms with Crippen molar-refractivity contribution in [3.8, 4) is 5.75 Å². The van der Waals surface area contributed by atoms with Crippen LogP contribution in [0.2, 0.25) is 0 Å². The van der Waals surface area contributed by atoms with Crippen molar-refractivity contribution in [2.45, 2.75) is 26.9 Å². The number of hydrogen-bond acceptors (Lipinski definition) is 3. The van der Waals surface area contributed by atoms with E-state index in [9.17, 15) is 4.79 Å². The fourth-order valence-electron chi connectivity index (χ4n) is 2.28. The number of amides is 1. The zero-order valence-electron chi connectivity index (χ0n) is 13.3. The van der Waals surface area contributed by atoms with E-state index in [1.165, 1.54) is 0 Å². The molecule has 0 aliphatic carbocycles. The molecule has 0 spiro atoms. The highest BCUT2D eigenvalue weighted by atomic mass is 79.9. The fourth-order valence-corrected chi connectivity index (χ4v) is 2.72. The minimum Gasteiger partial charge on any atom is -0.496 e. The van der Waals surface area contributed by atoms with Crippen molar-refractivity contribution in [3.05, 3.63) is 45.7 Å². The molecule has 5 nitrogen and oxygen atoms in total. The molecular formula is C16H20BrN3O2. The quantitative estimate of drug-likeness (QED) is 0.816. The maximum absolute atomic E-state index is 12.6. The molecule has 22 heavy (non-hydrogen) atoms. The average Bonchev–Trinajstić information content (AvgIpc) is 2.87. The highest BCUT2D eigenvalue weighted by Gasteiger charge is 2.18. The van der Waals surface area contributed by atoms with E-state index in [2.05, 4.69) is 21.0 Å². The van der Waals surface area contributed by atoms with Crippen molar-refractivity contribution in [3.63, 3.8) is 0 Å². The van der Waals surface area contributed by atoms with Gasteiger partial charge < -0.3 is 9.64 Å². The highest BCUT2D eigenvalue weighted by molar-refractivity contribution is 9.10. The van der Waals surface area contributed by atoms with Crippen molar-refractivity contribution >= 4 is 21.8 Å². The summed E-state index contributed by atoms with van der Waals surface area (Å²) >= 11 is 3.49. The number of ether oxygens (including phenoxy) is 1. The van der Waals surface area contributed by atoms with E-state index in [4.69, 9.17) is 4.74 Å². The molecular weight excluding hydrogens is 346 g/mol. The van der Waals surface area contributed by atoms with Gasteiger partial charge in [-0.05, 0) is 41.9 Å². The van der Waals surface area contributed by atoms with Gasteiger partial charge >= 0.3 is 0 Å². The lowest BCUT2D eigenvalue weighted by molar-refractivity contribution is 0.0781. The largest absolute Gasteiger partial charge is 0.496 e. The third-order valence-corrected chi connectivity index (χ3v) is 4.24. The van der Waals surface area contributed by atoms with Gasteiger partial charge in [0.05, 0.1) is 23.8 Å². The lowest BCUT2D eigenvalue weighted by atomic mass is 10.1. The Balaban J connectivity index is 2.20. The predicted octanol–water partition coefficient (Wildman–Crippen LogP) is 3.25. The molecule has 1 heterocycles. The molecule has 2 aromatic rings. The van der Waals surface area contributed by atoms with Crippen LogP contribution >= 0.6 is 15.9 Å². The zero-order chi connectivity index (χ0) is 16.3. The standard InChI is InChI=1S/C16H20BrN3O2/c1-5-20-9-13(17)14(18-20)10-19(3)16(21)12-7-6-8-15(22-4)11(12)2/h6-9H,5,10H2,1-4H3. The number of nitrogens with zero attached hydrogens (tertiary/aromatic N) is 3. The number of halogens is 1. The second kappa shape index (κ2) is 6.96. The van der Waals surface area contributed by atoms with Gasteiger partial charge in [0, 0.05) is 30.9 Å². The van der Waals surface area contributed by atoms with Crippen LogP contribution in [0.5, 0.6) is 5.75 Å². The number of methoxy groups -OCH3 is 1. The van der Waals surface area contributed by atoms with Gasteiger partial charge in [0.1, 0.15) is 5.75 Å². The molecule has 6 heteroatoms. The summed E-state index contributed by atoms with van der Waals surface area (Å²) < 4.78 is 8.03. The van der Waals surface area contributed by atoms with Crippen LogP contribution in [-0.4, -0.2) is 34.7 Å². The molecule has 118 valence electrons. The Bertz CT molecular complexity index is 682. The van der Waals surface area contributed by atoms with Gasteiger partial charge in [-0.15, -0.1) is 0 Å². The summed E-state index contributed by atoms with van der Waals surface area (Å²) in [4.78, 5) is 14.3. The van der Waals surface area contributed by atoms with Crippen LogP contribution in [0.15, 0.2) is 28.9 Å². The third-order valence-electron chi connectivity index (χ3n) is 3.58. The number of aryl methyl sites for hydroxylation is 1. The molecule has 0 atom stereocenters. The van der Waals surface area contributed by atoms with E-state index < -0.39 is 0 Å². The first kappa shape index (κ1) is 16.5. The van der Waals surface area contributed by atoms with Gasteiger partial charge in [0.15, 0.2) is 0 Å². The summed E-state index contributed by atoms with van der Waals surface area (Å²) in [5, 5.41) is 4.45. The molecule has 0 saturated heterocycles. The molecule has 0 aliphatic rings. The second-order valence-electron chi connectivity index (χ2n) is 5.07. The monoisotopic (exact) mass is 365 g/mol. The van der Waals surface area contributed by atoms with Gasteiger partial charge in [-0.1, -0.05) is 6.07 Å². The molecule has 0 aliphatic heterocycles. The molecule has 0 fully saturated rings. The number of hydrogen-bond donors (Lipinski definition) is 0. The van der Waals surface area contributed by atoms with Gasteiger partial charge in [-0.3, -0.25) is 9.48 Å². The van der Waals surface area contributed by atoms with Gasteiger partial charge in [-0.25, -0.2) is 0 Å². The minimum atomic E-state index is -0.0469. The Morgan fingerprint density at radius 3 is 2.77 bits per heavy atom. The molecule has 0 unspecified atom stereocenters. The normalized spacial score (nSPS) is 10.6. The molecule has 2 rings (SSSR count). The first-order valence-corrected chi connectivity index (χ1v) is 7.88. The lowest BCUT2D eigenvalue weighted by Crippen LogP contribution is -2.27. The smallest absolute Gasteiger partial charge is 0.254 e. The SMILES string of the molecule is CCn1cc(Br)c(CN(C)C(=O)c2cccc(OC)c2C)n1. The number of benzene rings is 1. The van der Waals surface area contributed by atoms with E-state index in [1.807, 2.05) is 42.9 Å². The summed E-state index contributed by atoms with van der Waals surface area (Å²) in [6.45, 7) is 5.16. The molecule has 0 radical (unpaired) electrons. The van der Waals surface area contributed by atoms with E-state index >= 15 is 0 Å². The van der Waals surface area contributed by atoms with E-state index in [1.54, 1.807) is 19.1 Å². The summed E-state index contributed by atoms with van der Waals surface area (Å²) in [6, 6.07) is 5.50. The summed E-state index contributed by atoms with van der Waals surface area (Å²) in [5.41, 5.74) is 2.34. The van der Waals surface area contributed by atoms with Crippen LogP contribution in [0.4, 0.5) is 0 Å². The predicted molar refractivity (Wildman–Crippen MR) is 89.1 cm³/mol. The number of rotatable bonds is 5. The zero-order valence-corrected chi connectivity index (χ0v) is 14.8. The van der Waals surface area contributed by atoms with Gasteiger partial charge in [0.2, 0.25) is 0 Å². The summed E-state index contributed by atoms with van der Waals surface area (Å²) in [7, 11) is 3.38. The van der Waals surface area contributed by atoms with E-state index in [-0.39, 0.29) is 5.91 Å². The second-order valence-corrected chi connectivity index (χ2v) is 5.93. The highest BCUT2D eigenvalue weighted by Crippen LogP contribution is 2.23. The molecule has 0 N–H and O–H groups in total. The molecule has 1 aromatic heterocycles. The summed E-state index contributed by atoms with van der Waals surface area (Å²) in [6.07, 6.45) is 1.92. The Morgan fingerprint density at radius 2 is 2.18 bits per heavy atom. The molecule has 1 aromatic carbocycles. The first-order valence-electron chi connectivity index (χ1n) is 7.08. The van der Waals surface area contributed by atoms with Crippen LogP contribution in [0.25, 0.3) is 0 Å². The lowest BCUT2D eigenvalue weighted by Gasteiger charge is -2.18.